The van der Waals surface area contributed by atoms with E-state index in [4.69, 9.17) is 0 Å². The Bertz CT molecular complexity index is 129. The van der Waals surface area contributed by atoms with Gasteiger partial charge in [-0.1, -0.05) is 22.6 Å². The molecule has 0 aromatic heterocycles. The van der Waals surface area contributed by atoms with E-state index >= 15 is 0 Å². The average Bonchev–Trinajstić information content (AvgIpc) is 2.36. The molecule has 3 unspecified atom stereocenters. The minimum Gasteiger partial charge on any atom is -0.316 e. The second-order valence-electron chi connectivity index (χ2n) is 3.26. The molecule has 3 atom stereocenters. The van der Waals surface area contributed by atoms with Crippen molar-refractivity contribution < 1.29 is 0 Å². The molecule has 3 heteroatoms. The van der Waals surface area contributed by atoms with Gasteiger partial charge in [0.1, 0.15) is 0 Å². The molecule has 0 aromatic carbocycles. The van der Waals surface area contributed by atoms with Gasteiger partial charge < -0.3 is 10.6 Å². The first-order valence-corrected chi connectivity index (χ1v) is 5.18. The summed E-state index contributed by atoms with van der Waals surface area (Å²) in [6, 6.07) is 0. The van der Waals surface area contributed by atoms with Gasteiger partial charge in [0.25, 0.3) is 0 Å². The minimum atomic E-state index is 0.853. The van der Waals surface area contributed by atoms with E-state index in [-0.39, 0.29) is 0 Å². The maximum absolute atomic E-state index is 3.46. The third-order valence-corrected chi connectivity index (χ3v) is 3.97. The van der Waals surface area contributed by atoms with Gasteiger partial charge in [-0.2, -0.15) is 0 Å². The van der Waals surface area contributed by atoms with Gasteiger partial charge >= 0.3 is 0 Å². The maximum atomic E-state index is 3.46. The fourth-order valence-electron chi connectivity index (χ4n) is 1.96. The fourth-order valence-corrected chi connectivity index (χ4v) is 3.11. The molecule has 2 N–H and O–H groups in total. The molecular weight excluding hydrogens is 239 g/mol. The van der Waals surface area contributed by atoms with Crippen LogP contribution in [0.3, 0.4) is 0 Å². The number of piperidine rings is 1. The molecule has 0 saturated carbocycles. The first-order valence-electron chi connectivity index (χ1n) is 3.93. The zero-order valence-corrected chi connectivity index (χ0v) is 8.10. The summed E-state index contributed by atoms with van der Waals surface area (Å²) >= 11 is 2.57. The van der Waals surface area contributed by atoms with Crippen LogP contribution >= 0.6 is 22.6 Å². The van der Waals surface area contributed by atoms with Crippen molar-refractivity contribution in [2.24, 2.45) is 11.8 Å². The molecule has 0 spiro atoms. The first kappa shape index (κ1) is 7.31. The molecule has 0 amide bonds. The zero-order chi connectivity index (χ0) is 6.97. The quantitative estimate of drug-likeness (QED) is 0.476. The molecule has 0 aliphatic carbocycles. The van der Waals surface area contributed by atoms with Crippen LogP contribution in [0.5, 0.6) is 0 Å². The topological polar surface area (TPSA) is 24.1 Å². The molecule has 2 aliphatic heterocycles. The van der Waals surface area contributed by atoms with Crippen LogP contribution in [-0.4, -0.2) is 30.1 Å². The molecule has 2 aliphatic rings. The largest absolute Gasteiger partial charge is 0.316 e. The van der Waals surface area contributed by atoms with Gasteiger partial charge in [-0.3, -0.25) is 0 Å². The molecule has 0 aromatic rings. The highest BCUT2D eigenvalue weighted by atomic mass is 127. The Morgan fingerprint density at radius 2 is 1.70 bits per heavy atom. The van der Waals surface area contributed by atoms with Crippen LogP contribution in [0.15, 0.2) is 0 Å². The highest BCUT2D eigenvalue weighted by molar-refractivity contribution is 14.1. The first-order chi connectivity index (χ1) is 4.88. The SMILES string of the molecule is IC1CNCC2CNCC12. The van der Waals surface area contributed by atoms with Crippen molar-refractivity contribution >= 4 is 22.6 Å². The lowest BCUT2D eigenvalue weighted by Crippen LogP contribution is -2.43. The molecule has 0 bridgehead atoms. The third kappa shape index (κ3) is 1.19. The standard InChI is InChI=1S/C7H13IN2/c8-7-4-10-2-5-1-9-3-6(5)7/h5-7,9-10H,1-4H2. The highest BCUT2D eigenvalue weighted by Crippen LogP contribution is 2.27. The fraction of sp³-hybridized carbons (Fsp3) is 1.00. The Morgan fingerprint density at radius 3 is 2.40 bits per heavy atom. The summed E-state index contributed by atoms with van der Waals surface area (Å²) in [5, 5.41) is 6.91. The molecule has 2 fully saturated rings. The van der Waals surface area contributed by atoms with E-state index in [1.54, 1.807) is 0 Å². The molecule has 0 radical (unpaired) electrons. The van der Waals surface area contributed by atoms with Gasteiger partial charge in [-0.25, -0.2) is 0 Å². The van der Waals surface area contributed by atoms with E-state index in [1.807, 2.05) is 0 Å². The summed E-state index contributed by atoms with van der Waals surface area (Å²) in [6.45, 7) is 4.93. The summed E-state index contributed by atoms with van der Waals surface area (Å²) in [5.74, 6) is 1.86. The van der Waals surface area contributed by atoms with Gasteiger partial charge in [0.15, 0.2) is 0 Å². The summed E-state index contributed by atoms with van der Waals surface area (Å²) in [4.78, 5) is 0. The molecule has 2 nitrogen and oxygen atoms in total. The van der Waals surface area contributed by atoms with Crippen molar-refractivity contribution in [3.05, 3.63) is 0 Å². The van der Waals surface area contributed by atoms with E-state index < -0.39 is 0 Å². The summed E-state index contributed by atoms with van der Waals surface area (Å²) in [5.41, 5.74) is 0. The summed E-state index contributed by atoms with van der Waals surface area (Å²) < 4.78 is 0.853. The number of alkyl halides is 1. The smallest absolute Gasteiger partial charge is 0.0278 e. The Balaban J connectivity index is 2.03. The molecule has 58 valence electrons. The monoisotopic (exact) mass is 252 g/mol. The van der Waals surface area contributed by atoms with Crippen LogP contribution in [-0.2, 0) is 0 Å². The molecular formula is C7H13IN2. The average molecular weight is 252 g/mol. The number of fused-ring (bicyclic) bond motifs is 1. The summed E-state index contributed by atoms with van der Waals surface area (Å²) in [6.07, 6.45) is 0. The summed E-state index contributed by atoms with van der Waals surface area (Å²) in [7, 11) is 0. The van der Waals surface area contributed by atoms with Crippen molar-refractivity contribution in [3.8, 4) is 0 Å². The lowest BCUT2D eigenvalue weighted by atomic mass is 9.90. The predicted molar refractivity (Wildman–Crippen MR) is 50.5 cm³/mol. The second-order valence-corrected chi connectivity index (χ2v) is 4.86. The van der Waals surface area contributed by atoms with Gasteiger partial charge in [-0.15, -0.1) is 0 Å². The minimum absolute atomic E-state index is 0.853. The normalized spacial score (nSPS) is 47.1. The van der Waals surface area contributed by atoms with Crippen molar-refractivity contribution in [1.29, 1.82) is 0 Å². The van der Waals surface area contributed by atoms with Crippen LogP contribution in [0.4, 0.5) is 0 Å². The van der Waals surface area contributed by atoms with Crippen LogP contribution in [0.25, 0.3) is 0 Å². The zero-order valence-electron chi connectivity index (χ0n) is 5.94. The van der Waals surface area contributed by atoms with Crippen LogP contribution < -0.4 is 10.6 Å². The predicted octanol–water partition coefficient (Wildman–Crippen LogP) is 0.229. The lowest BCUT2D eigenvalue weighted by Gasteiger charge is -2.29. The number of nitrogens with one attached hydrogen (secondary N) is 2. The van der Waals surface area contributed by atoms with E-state index in [0.717, 1.165) is 15.8 Å². The molecule has 10 heavy (non-hydrogen) atoms. The Kier molecular flexibility index (Phi) is 2.15. The number of hydrogen-bond acceptors (Lipinski definition) is 2. The highest BCUT2D eigenvalue weighted by Gasteiger charge is 2.34. The number of halogens is 1. The number of hydrogen-bond donors (Lipinski definition) is 2. The van der Waals surface area contributed by atoms with E-state index in [0.29, 0.717) is 0 Å². The maximum Gasteiger partial charge on any atom is 0.0278 e. The van der Waals surface area contributed by atoms with Crippen molar-refractivity contribution in [1.82, 2.24) is 10.6 Å². The van der Waals surface area contributed by atoms with E-state index in [9.17, 15) is 0 Å². The molecule has 2 saturated heterocycles. The molecule has 2 heterocycles. The van der Waals surface area contributed by atoms with Crippen molar-refractivity contribution in [2.75, 3.05) is 26.2 Å². The lowest BCUT2D eigenvalue weighted by molar-refractivity contribution is 0.336. The van der Waals surface area contributed by atoms with Gasteiger partial charge in [0, 0.05) is 10.5 Å². The Hall–Kier alpha value is 0.650. The van der Waals surface area contributed by atoms with E-state index in [1.165, 1.54) is 26.2 Å². The number of rotatable bonds is 0. The third-order valence-electron chi connectivity index (χ3n) is 2.60. The molecule has 2 rings (SSSR count). The van der Waals surface area contributed by atoms with Crippen LogP contribution in [0.1, 0.15) is 0 Å². The van der Waals surface area contributed by atoms with Crippen LogP contribution in [0.2, 0.25) is 0 Å². The second kappa shape index (κ2) is 2.95. The van der Waals surface area contributed by atoms with Gasteiger partial charge in [0.2, 0.25) is 0 Å². The van der Waals surface area contributed by atoms with Gasteiger partial charge in [0.05, 0.1) is 0 Å². The Labute approximate surface area is 75.3 Å². The van der Waals surface area contributed by atoms with E-state index in [2.05, 4.69) is 33.2 Å². The van der Waals surface area contributed by atoms with Crippen molar-refractivity contribution in [3.63, 3.8) is 0 Å². The van der Waals surface area contributed by atoms with Crippen molar-refractivity contribution in [2.45, 2.75) is 3.92 Å². The van der Waals surface area contributed by atoms with Gasteiger partial charge in [-0.05, 0) is 31.5 Å². The van der Waals surface area contributed by atoms with Crippen LogP contribution in [0, 0.1) is 11.8 Å². The Morgan fingerprint density at radius 1 is 1.00 bits per heavy atom.